The Morgan fingerprint density at radius 1 is 1.33 bits per heavy atom. The lowest BCUT2D eigenvalue weighted by molar-refractivity contribution is 0.0929. The van der Waals surface area contributed by atoms with Crippen molar-refractivity contribution in [2.45, 2.75) is 33.7 Å². The van der Waals surface area contributed by atoms with Gasteiger partial charge >= 0.3 is 0 Å². The predicted molar refractivity (Wildman–Crippen MR) is 83.9 cm³/mol. The van der Waals surface area contributed by atoms with Crippen LogP contribution in [-0.2, 0) is 7.05 Å². The number of aryl methyl sites for hydroxylation is 3. The first-order chi connectivity index (χ1) is 9.79. The summed E-state index contributed by atoms with van der Waals surface area (Å²) < 4.78 is 1.71. The molecule has 0 saturated heterocycles. The fourth-order valence-electron chi connectivity index (χ4n) is 2.27. The summed E-state index contributed by atoms with van der Waals surface area (Å²) in [5.74, 6) is -0.268. The molecular formula is C15H19N3O2S. The van der Waals surface area contributed by atoms with Gasteiger partial charge in [-0.2, -0.15) is 0 Å². The van der Waals surface area contributed by atoms with Crippen molar-refractivity contribution in [2.75, 3.05) is 0 Å². The van der Waals surface area contributed by atoms with Crippen molar-refractivity contribution in [3.8, 4) is 0 Å². The number of pyridine rings is 1. The van der Waals surface area contributed by atoms with Crippen LogP contribution in [0.4, 0.5) is 0 Å². The van der Waals surface area contributed by atoms with E-state index in [1.807, 2.05) is 20.8 Å². The van der Waals surface area contributed by atoms with E-state index in [0.29, 0.717) is 5.69 Å². The number of hydrogen-bond acceptors (Lipinski definition) is 4. The topological polar surface area (TPSA) is 64.0 Å². The molecule has 2 aromatic heterocycles. The summed E-state index contributed by atoms with van der Waals surface area (Å²) in [7, 11) is 1.77. The van der Waals surface area contributed by atoms with Crippen LogP contribution in [0.2, 0.25) is 0 Å². The highest BCUT2D eigenvalue weighted by atomic mass is 32.1. The van der Waals surface area contributed by atoms with Gasteiger partial charge in [-0.25, -0.2) is 4.98 Å². The van der Waals surface area contributed by atoms with E-state index in [-0.39, 0.29) is 17.4 Å². The van der Waals surface area contributed by atoms with Crippen molar-refractivity contribution < 1.29 is 4.79 Å². The SMILES string of the molecule is Cc1nc([C@@H](C)NC(=O)c2cc(=O)cc(C)n2C)c(C)s1. The smallest absolute Gasteiger partial charge is 0.268 e. The van der Waals surface area contributed by atoms with Crippen LogP contribution in [0.5, 0.6) is 0 Å². The summed E-state index contributed by atoms with van der Waals surface area (Å²) >= 11 is 1.61. The molecular weight excluding hydrogens is 286 g/mol. The van der Waals surface area contributed by atoms with Crippen molar-refractivity contribution in [1.82, 2.24) is 14.9 Å². The fourth-order valence-corrected chi connectivity index (χ4v) is 3.18. The minimum Gasteiger partial charge on any atom is -0.344 e. The Morgan fingerprint density at radius 3 is 2.57 bits per heavy atom. The first kappa shape index (κ1) is 15.4. The quantitative estimate of drug-likeness (QED) is 0.946. The first-order valence-corrected chi connectivity index (χ1v) is 7.53. The third kappa shape index (κ3) is 3.21. The number of amides is 1. The van der Waals surface area contributed by atoms with Crippen molar-refractivity contribution in [1.29, 1.82) is 0 Å². The molecule has 2 heterocycles. The third-order valence-electron chi connectivity index (χ3n) is 3.45. The van der Waals surface area contributed by atoms with Crippen LogP contribution < -0.4 is 10.7 Å². The van der Waals surface area contributed by atoms with Crippen LogP contribution in [0.25, 0.3) is 0 Å². The second kappa shape index (κ2) is 5.81. The first-order valence-electron chi connectivity index (χ1n) is 6.72. The molecule has 0 aliphatic carbocycles. The standard InChI is InChI=1S/C15H19N3O2S/c1-8-6-12(19)7-13(18(8)5)15(20)16-9(2)14-10(3)21-11(4)17-14/h6-7,9H,1-5H3,(H,16,20)/t9-/m1/s1. The maximum absolute atomic E-state index is 12.4. The third-order valence-corrected chi connectivity index (χ3v) is 4.35. The summed E-state index contributed by atoms with van der Waals surface area (Å²) in [6, 6.07) is 2.67. The van der Waals surface area contributed by atoms with Gasteiger partial charge in [0.05, 0.1) is 16.7 Å². The van der Waals surface area contributed by atoms with Gasteiger partial charge in [0.15, 0.2) is 5.43 Å². The molecule has 0 spiro atoms. The summed E-state index contributed by atoms with van der Waals surface area (Å²) in [4.78, 5) is 29.5. The molecule has 2 aromatic rings. The Balaban J connectivity index is 2.26. The van der Waals surface area contributed by atoms with Gasteiger partial charge in [0.2, 0.25) is 0 Å². The molecule has 0 bridgehead atoms. The lowest BCUT2D eigenvalue weighted by Gasteiger charge is -2.15. The average Bonchev–Trinajstić information content (AvgIpc) is 2.72. The Morgan fingerprint density at radius 2 is 2.00 bits per heavy atom. The number of aromatic nitrogens is 2. The number of carbonyl (C=O) groups excluding carboxylic acids is 1. The van der Waals surface area contributed by atoms with Crippen LogP contribution in [0, 0.1) is 20.8 Å². The molecule has 0 fully saturated rings. The molecule has 5 nitrogen and oxygen atoms in total. The highest BCUT2D eigenvalue weighted by molar-refractivity contribution is 7.11. The monoisotopic (exact) mass is 305 g/mol. The number of nitrogens with zero attached hydrogens (tertiary/aromatic N) is 2. The lowest BCUT2D eigenvalue weighted by atomic mass is 10.2. The minimum absolute atomic E-state index is 0.163. The zero-order chi connectivity index (χ0) is 15.7. The minimum atomic E-state index is -0.268. The lowest BCUT2D eigenvalue weighted by Crippen LogP contribution is -2.31. The number of thiazole rings is 1. The highest BCUT2D eigenvalue weighted by Crippen LogP contribution is 2.22. The fraction of sp³-hybridized carbons (Fsp3) is 0.400. The molecule has 0 aromatic carbocycles. The van der Waals surface area contributed by atoms with E-state index in [1.165, 1.54) is 12.1 Å². The van der Waals surface area contributed by atoms with Crippen molar-refractivity contribution in [3.63, 3.8) is 0 Å². The predicted octanol–water partition coefficient (Wildman–Crippen LogP) is 2.26. The average molecular weight is 305 g/mol. The van der Waals surface area contributed by atoms with Gasteiger partial charge < -0.3 is 9.88 Å². The van der Waals surface area contributed by atoms with E-state index in [4.69, 9.17) is 0 Å². The zero-order valence-corrected chi connectivity index (χ0v) is 13.7. The molecule has 1 atom stereocenters. The maximum Gasteiger partial charge on any atom is 0.268 e. The van der Waals surface area contributed by atoms with Crippen LogP contribution in [-0.4, -0.2) is 15.5 Å². The van der Waals surface area contributed by atoms with Gasteiger partial charge in [-0.1, -0.05) is 0 Å². The largest absolute Gasteiger partial charge is 0.344 e. The second-order valence-electron chi connectivity index (χ2n) is 5.15. The van der Waals surface area contributed by atoms with Crippen LogP contribution in [0.3, 0.4) is 0 Å². The van der Waals surface area contributed by atoms with Crippen LogP contribution in [0.15, 0.2) is 16.9 Å². The van der Waals surface area contributed by atoms with E-state index in [0.717, 1.165) is 21.3 Å². The summed E-state index contributed by atoms with van der Waals surface area (Å²) in [6.45, 7) is 7.63. The molecule has 6 heteroatoms. The van der Waals surface area contributed by atoms with Gasteiger partial charge in [-0.05, 0) is 27.7 Å². The Labute approximate surface area is 127 Å². The number of nitrogens with one attached hydrogen (secondary N) is 1. The van der Waals surface area contributed by atoms with E-state index in [1.54, 1.807) is 29.9 Å². The molecule has 0 unspecified atom stereocenters. The van der Waals surface area contributed by atoms with Crippen molar-refractivity contribution in [3.05, 3.63) is 49.3 Å². The molecule has 21 heavy (non-hydrogen) atoms. The van der Waals surface area contributed by atoms with Gasteiger partial charge in [0.1, 0.15) is 5.69 Å². The Hall–Kier alpha value is -1.95. The molecule has 2 rings (SSSR count). The molecule has 1 amide bonds. The Bertz CT molecular complexity index is 746. The Kier molecular flexibility index (Phi) is 4.27. The van der Waals surface area contributed by atoms with Gasteiger partial charge in [0.25, 0.3) is 5.91 Å². The number of rotatable bonds is 3. The summed E-state index contributed by atoms with van der Waals surface area (Å²) in [5.41, 5.74) is 1.82. The van der Waals surface area contributed by atoms with Gasteiger partial charge in [0, 0.05) is 29.8 Å². The van der Waals surface area contributed by atoms with Crippen LogP contribution >= 0.6 is 11.3 Å². The van der Waals surface area contributed by atoms with E-state index < -0.39 is 0 Å². The van der Waals surface area contributed by atoms with Crippen LogP contribution in [0.1, 0.15) is 44.7 Å². The molecule has 112 valence electrons. The van der Waals surface area contributed by atoms with Crippen molar-refractivity contribution in [2.24, 2.45) is 7.05 Å². The molecule has 0 aliphatic heterocycles. The maximum atomic E-state index is 12.4. The van der Waals surface area contributed by atoms with E-state index in [9.17, 15) is 9.59 Å². The normalized spacial score (nSPS) is 12.2. The number of hydrogen-bond donors (Lipinski definition) is 1. The summed E-state index contributed by atoms with van der Waals surface area (Å²) in [6.07, 6.45) is 0. The molecule has 0 saturated carbocycles. The number of carbonyl (C=O) groups is 1. The summed E-state index contributed by atoms with van der Waals surface area (Å²) in [5, 5.41) is 3.89. The molecule has 1 N–H and O–H groups in total. The van der Waals surface area contributed by atoms with E-state index in [2.05, 4.69) is 10.3 Å². The van der Waals surface area contributed by atoms with E-state index >= 15 is 0 Å². The highest BCUT2D eigenvalue weighted by Gasteiger charge is 2.18. The molecule has 0 radical (unpaired) electrons. The second-order valence-corrected chi connectivity index (χ2v) is 6.55. The zero-order valence-electron chi connectivity index (χ0n) is 12.9. The molecule has 0 aliphatic rings. The van der Waals surface area contributed by atoms with Crippen molar-refractivity contribution >= 4 is 17.2 Å². The van der Waals surface area contributed by atoms with Gasteiger partial charge in [-0.15, -0.1) is 11.3 Å². The van der Waals surface area contributed by atoms with Gasteiger partial charge in [-0.3, -0.25) is 9.59 Å².